The lowest BCUT2D eigenvalue weighted by molar-refractivity contribution is 0.242. The zero-order chi connectivity index (χ0) is 15.2. The largest absolute Gasteiger partial charge is 0.303 e. The lowest BCUT2D eigenvalue weighted by Crippen LogP contribution is -2.31. The first-order valence-corrected chi connectivity index (χ1v) is 9.12. The molecule has 1 aliphatic heterocycles. The fourth-order valence-electron chi connectivity index (χ4n) is 2.63. The van der Waals surface area contributed by atoms with E-state index in [1.807, 2.05) is 30.3 Å². The maximum Gasteiger partial charge on any atom is 0.119 e. The molecule has 3 rings (SSSR count). The summed E-state index contributed by atoms with van der Waals surface area (Å²) in [6, 6.07) is 11.8. The third-order valence-electron chi connectivity index (χ3n) is 3.89. The van der Waals surface area contributed by atoms with Gasteiger partial charge in [-0.3, -0.25) is 0 Å². The Labute approximate surface area is 141 Å². The Hall–Kier alpha value is -1.10. The number of hydrogen-bond donors (Lipinski definition) is 0. The highest BCUT2D eigenvalue weighted by molar-refractivity contribution is 7.99. The molecule has 22 heavy (non-hydrogen) atoms. The van der Waals surface area contributed by atoms with E-state index in [0.29, 0.717) is 0 Å². The second-order valence-corrected chi connectivity index (χ2v) is 7.07. The van der Waals surface area contributed by atoms with Gasteiger partial charge >= 0.3 is 0 Å². The molecule has 0 atom stereocenters. The molecular weight excluding hydrogens is 314 g/mol. The molecule has 0 unspecified atom stereocenters. The number of nitrogens with zero attached hydrogens (tertiary/aromatic N) is 3. The van der Waals surface area contributed by atoms with Crippen LogP contribution < -0.4 is 0 Å². The topological polar surface area (TPSA) is 29.0 Å². The average Bonchev–Trinajstić information content (AvgIpc) is 2.57. The predicted molar refractivity (Wildman–Crippen MR) is 93.5 cm³/mol. The standard InChI is InChI=1S/C17H20ClN3S/c18-15-6-4-14(5-7-15)16-8-9-17(20-19-16)22-13-12-21-10-2-1-3-11-21/h4-9H,1-3,10-13H2. The Balaban J connectivity index is 1.51. The highest BCUT2D eigenvalue weighted by Gasteiger charge is 2.09. The summed E-state index contributed by atoms with van der Waals surface area (Å²) < 4.78 is 0. The zero-order valence-electron chi connectivity index (χ0n) is 12.5. The van der Waals surface area contributed by atoms with Crippen LogP contribution in [0.3, 0.4) is 0 Å². The number of hydrogen-bond acceptors (Lipinski definition) is 4. The first kappa shape index (κ1) is 15.8. The molecular formula is C17H20ClN3S. The van der Waals surface area contributed by atoms with Crippen molar-refractivity contribution < 1.29 is 0 Å². The minimum Gasteiger partial charge on any atom is -0.303 e. The van der Waals surface area contributed by atoms with Gasteiger partial charge in [0.05, 0.1) is 5.69 Å². The summed E-state index contributed by atoms with van der Waals surface area (Å²) in [5, 5.41) is 10.4. The predicted octanol–water partition coefficient (Wildman–Crippen LogP) is 4.38. The number of likely N-dealkylation sites (tertiary alicyclic amines) is 1. The molecule has 116 valence electrons. The minimum atomic E-state index is 0.738. The van der Waals surface area contributed by atoms with Crippen LogP contribution in [0.25, 0.3) is 11.3 Å². The summed E-state index contributed by atoms with van der Waals surface area (Å²) in [6.45, 7) is 3.65. The number of aromatic nitrogens is 2. The van der Waals surface area contributed by atoms with Crippen molar-refractivity contribution in [1.29, 1.82) is 0 Å². The Bertz CT molecular complexity index is 580. The van der Waals surface area contributed by atoms with Gasteiger partial charge < -0.3 is 4.90 Å². The van der Waals surface area contributed by atoms with Crippen molar-refractivity contribution >= 4 is 23.4 Å². The molecule has 1 saturated heterocycles. The van der Waals surface area contributed by atoms with Crippen LogP contribution in [0.15, 0.2) is 41.4 Å². The molecule has 1 aliphatic rings. The van der Waals surface area contributed by atoms with Crippen molar-refractivity contribution in [2.75, 3.05) is 25.4 Å². The van der Waals surface area contributed by atoms with Gasteiger partial charge in [-0.2, -0.15) is 0 Å². The van der Waals surface area contributed by atoms with Crippen LogP contribution in [0.2, 0.25) is 5.02 Å². The second-order valence-electron chi connectivity index (χ2n) is 5.51. The smallest absolute Gasteiger partial charge is 0.119 e. The molecule has 2 aromatic rings. The highest BCUT2D eigenvalue weighted by Crippen LogP contribution is 2.21. The summed E-state index contributed by atoms with van der Waals surface area (Å²) in [5.74, 6) is 1.08. The van der Waals surface area contributed by atoms with Gasteiger partial charge in [0.2, 0.25) is 0 Å². The van der Waals surface area contributed by atoms with E-state index >= 15 is 0 Å². The number of piperidine rings is 1. The van der Waals surface area contributed by atoms with Crippen molar-refractivity contribution in [2.24, 2.45) is 0 Å². The fraction of sp³-hybridized carbons (Fsp3) is 0.412. The van der Waals surface area contributed by atoms with E-state index in [-0.39, 0.29) is 0 Å². The molecule has 0 spiro atoms. The maximum absolute atomic E-state index is 5.90. The van der Waals surface area contributed by atoms with E-state index in [1.54, 1.807) is 11.8 Å². The van der Waals surface area contributed by atoms with E-state index in [1.165, 1.54) is 32.4 Å². The van der Waals surface area contributed by atoms with Crippen molar-refractivity contribution in [3.8, 4) is 11.3 Å². The van der Waals surface area contributed by atoms with Crippen LogP contribution in [0.4, 0.5) is 0 Å². The van der Waals surface area contributed by atoms with Gasteiger partial charge in [0.25, 0.3) is 0 Å². The van der Waals surface area contributed by atoms with Crippen LogP contribution in [0.1, 0.15) is 19.3 Å². The van der Waals surface area contributed by atoms with Crippen molar-refractivity contribution in [2.45, 2.75) is 24.3 Å². The van der Waals surface area contributed by atoms with Crippen LogP contribution in [-0.2, 0) is 0 Å². The first-order chi connectivity index (χ1) is 10.8. The van der Waals surface area contributed by atoms with Gasteiger partial charge in [0.15, 0.2) is 0 Å². The Morgan fingerprint density at radius 1 is 0.955 bits per heavy atom. The molecule has 2 heterocycles. The van der Waals surface area contributed by atoms with Crippen LogP contribution in [-0.4, -0.2) is 40.5 Å². The average molecular weight is 334 g/mol. The van der Waals surface area contributed by atoms with Crippen molar-refractivity contribution in [3.05, 3.63) is 41.4 Å². The number of benzene rings is 1. The van der Waals surface area contributed by atoms with E-state index in [9.17, 15) is 0 Å². The lowest BCUT2D eigenvalue weighted by Gasteiger charge is -2.25. The third kappa shape index (κ3) is 4.45. The number of rotatable bonds is 5. The Morgan fingerprint density at radius 2 is 1.73 bits per heavy atom. The maximum atomic E-state index is 5.90. The van der Waals surface area contributed by atoms with Gasteiger partial charge in [-0.1, -0.05) is 30.2 Å². The number of halogens is 1. The molecule has 0 amide bonds. The molecule has 1 aromatic carbocycles. The van der Waals surface area contributed by atoms with E-state index < -0.39 is 0 Å². The van der Waals surface area contributed by atoms with Crippen LogP contribution in [0, 0.1) is 0 Å². The highest BCUT2D eigenvalue weighted by atomic mass is 35.5. The monoisotopic (exact) mass is 333 g/mol. The third-order valence-corrected chi connectivity index (χ3v) is 5.04. The first-order valence-electron chi connectivity index (χ1n) is 7.76. The molecule has 0 N–H and O–H groups in total. The molecule has 1 fully saturated rings. The van der Waals surface area contributed by atoms with Crippen LogP contribution >= 0.6 is 23.4 Å². The SMILES string of the molecule is Clc1ccc(-c2ccc(SCCN3CCCCC3)nn2)cc1. The van der Waals surface area contributed by atoms with E-state index in [4.69, 9.17) is 11.6 Å². The molecule has 0 aliphatic carbocycles. The normalized spacial score (nSPS) is 15.9. The summed E-state index contributed by atoms with van der Waals surface area (Å²) >= 11 is 7.69. The molecule has 3 nitrogen and oxygen atoms in total. The molecule has 0 bridgehead atoms. The van der Waals surface area contributed by atoms with E-state index in [2.05, 4.69) is 21.2 Å². The number of thioether (sulfide) groups is 1. The summed E-state index contributed by atoms with van der Waals surface area (Å²) in [5.41, 5.74) is 1.93. The summed E-state index contributed by atoms with van der Waals surface area (Å²) in [6.07, 6.45) is 4.09. The van der Waals surface area contributed by atoms with Crippen molar-refractivity contribution in [1.82, 2.24) is 15.1 Å². The van der Waals surface area contributed by atoms with E-state index in [0.717, 1.165) is 33.6 Å². The Kier molecular flexibility index (Phi) is 5.70. The van der Waals surface area contributed by atoms with Gasteiger partial charge in [-0.25, -0.2) is 0 Å². The quantitative estimate of drug-likeness (QED) is 0.759. The van der Waals surface area contributed by atoms with Gasteiger partial charge in [0, 0.05) is 22.9 Å². The van der Waals surface area contributed by atoms with Gasteiger partial charge in [0.1, 0.15) is 5.03 Å². The van der Waals surface area contributed by atoms with Crippen molar-refractivity contribution in [3.63, 3.8) is 0 Å². The Morgan fingerprint density at radius 3 is 2.41 bits per heavy atom. The minimum absolute atomic E-state index is 0.738. The molecule has 1 aromatic heterocycles. The molecule has 0 radical (unpaired) electrons. The summed E-state index contributed by atoms with van der Waals surface area (Å²) in [7, 11) is 0. The van der Waals surface area contributed by atoms with Crippen LogP contribution in [0.5, 0.6) is 0 Å². The zero-order valence-corrected chi connectivity index (χ0v) is 14.1. The van der Waals surface area contributed by atoms with Gasteiger partial charge in [-0.15, -0.1) is 22.0 Å². The summed E-state index contributed by atoms with van der Waals surface area (Å²) in [4.78, 5) is 2.55. The fourth-order valence-corrected chi connectivity index (χ4v) is 3.58. The molecule has 5 heteroatoms. The van der Waals surface area contributed by atoms with Gasteiger partial charge in [-0.05, 0) is 50.2 Å². The molecule has 0 saturated carbocycles. The second kappa shape index (κ2) is 7.95. The lowest BCUT2D eigenvalue weighted by atomic mass is 10.1.